The molecule has 2 N–H and O–H groups in total. The van der Waals surface area contributed by atoms with Crippen molar-refractivity contribution in [3.05, 3.63) is 54.1 Å². The summed E-state index contributed by atoms with van der Waals surface area (Å²) in [5.74, 6) is -0.267. The smallest absolute Gasteiger partial charge is 0.137 e. The number of nitrogens with two attached hydrogens (primary N) is 1. The molecule has 3 nitrogen and oxygen atoms in total. The van der Waals surface area contributed by atoms with Crippen molar-refractivity contribution in [2.75, 3.05) is 5.73 Å². The van der Waals surface area contributed by atoms with Gasteiger partial charge in [0.05, 0.1) is 5.69 Å². The predicted molar refractivity (Wildman–Crippen MR) is 69.7 cm³/mol. The molecule has 1 aromatic carbocycles. The highest BCUT2D eigenvalue weighted by molar-refractivity contribution is 5.67. The Morgan fingerprint density at radius 3 is 2.72 bits per heavy atom. The van der Waals surface area contributed by atoms with Crippen molar-refractivity contribution in [3.8, 4) is 11.3 Å². The molecule has 3 rings (SSSR count). The number of pyridine rings is 1. The molecule has 0 aliphatic heterocycles. The number of halogens is 1. The highest BCUT2D eigenvalue weighted by Crippen LogP contribution is 2.26. The maximum atomic E-state index is 13.8. The molecule has 0 atom stereocenters. The molecule has 3 aromatic rings. The predicted octanol–water partition coefficient (Wildman–Crippen LogP) is 3.03. The molecule has 2 heterocycles. The summed E-state index contributed by atoms with van der Waals surface area (Å²) in [4.78, 5) is 4.45. The highest BCUT2D eigenvalue weighted by Gasteiger charge is 2.13. The monoisotopic (exact) mass is 241 g/mol. The van der Waals surface area contributed by atoms with Crippen LogP contribution in [0.3, 0.4) is 0 Å². The van der Waals surface area contributed by atoms with Gasteiger partial charge in [-0.1, -0.05) is 12.1 Å². The zero-order valence-corrected chi connectivity index (χ0v) is 9.89. The van der Waals surface area contributed by atoms with Crippen molar-refractivity contribution < 1.29 is 4.39 Å². The minimum absolute atomic E-state index is 0.267. The first-order valence-electron chi connectivity index (χ1n) is 5.66. The molecule has 0 fully saturated rings. The second-order valence-corrected chi connectivity index (χ2v) is 4.22. The Labute approximate surface area is 104 Å². The van der Waals surface area contributed by atoms with Gasteiger partial charge in [-0.2, -0.15) is 0 Å². The highest BCUT2D eigenvalue weighted by atomic mass is 19.1. The van der Waals surface area contributed by atoms with Gasteiger partial charge in [0.1, 0.15) is 11.5 Å². The molecule has 18 heavy (non-hydrogen) atoms. The van der Waals surface area contributed by atoms with Gasteiger partial charge >= 0.3 is 0 Å². The molecule has 2 aromatic heterocycles. The summed E-state index contributed by atoms with van der Waals surface area (Å²) < 4.78 is 15.7. The van der Waals surface area contributed by atoms with Crippen molar-refractivity contribution in [2.45, 2.75) is 6.92 Å². The molecule has 0 spiro atoms. The SMILES string of the molecule is Cc1c(-c2ccccc2F)nc2ccc(N)cn12. The fraction of sp³-hybridized carbons (Fsp3) is 0.0714. The molecule has 0 amide bonds. The first kappa shape index (κ1) is 10.8. The molecule has 0 saturated carbocycles. The van der Waals surface area contributed by atoms with Crippen LogP contribution >= 0.6 is 0 Å². The molecule has 0 radical (unpaired) electrons. The normalized spacial score (nSPS) is 11.0. The molecule has 90 valence electrons. The van der Waals surface area contributed by atoms with Crippen LogP contribution in [-0.2, 0) is 0 Å². The van der Waals surface area contributed by atoms with E-state index in [1.807, 2.05) is 17.4 Å². The average molecular weight is 241 g/mol. The molecule has 0 bridgehead atoms. The van der Waals surface area contributed by atoms with Crippen molar-refractivity contribution in [1.82, 2.24) is 9.38 Å². The van der Waals surface area contributed by atoms with E-state index < -0.39 is 0 Å². The molecular weight excluding hydrogens is 229 g/mol. The lowest BCUT2D eigenvalue weighted by atomic mass is 10.1. The van der Waals surface area contributed by atoms with Crippen LogP contribution in [0, 0.1) is 12.7 Å². The van der Waals surface area contributed by atoms with Gasteiger partial charge in [0, 0.05) is 23.1 Å². The zero-order chi connectivity index (χ0) is 12.7. The van der Waals surface area contributed by atoms with E-state index in [2.05, 4.69) is 4.98 Å². The van der Waals surface area contributed by atoms with Crippen LogP contribution in [0.5, 0.6) is 0 Å². The second-order valence-electron chi connectivity index (χ2n) is 4.22. The molecule has 0 aliphatic carbocycles. The number of aryl methyl sites for hydroxylation is 1. The van der Waals surface area contributed by atoms with Gasteiger partial charge in [-0.15, -0.1) is 0 Å². The minimum Gasteiger partial charge on any atom is -0.398 e. The van der Waals surface area contributed by atoms with Gasteiger partial charge in [0.25, 0.3) is 0 Å². The Bertz CT molecular complexity index is 731. The topological polar surface area (TPSA) is 43.3 Å². The lowest BCUT2D eigenvalue weighted by Gasteiger charge is -2.01. The number of aromatic nitrogens is 2. The van der Waals surface area contributed by atoms with Crippen LogP contribution in [0.1, 0.15) is 5.69 Å². The van der Waals surface area contributed by atoms with E-state index in [0.717, 1.165) is 11.3 Å². The molecule has 0 unspecified atom stereocenters. The van der Waals surface area contributed by atoms with Gasteiger partial charge in [-0.3, -0.25) is 0 Å². The van der Waals surface area contributed by atoms with Crippen LogP contribution in [0.25, 0.3) is 16.9 Å². The Morgan fingerprint density at radius 1 is 1.17 bits per heavy atom. The van der Waals surface area contributed by atoms with E-state index >= 15 is 0 Å². The van der Waals surface area contributed by atoms with Crippen LogP contribution in [-0.4, -0.2) is 9.38 Å². The first-order chi connectivity index (χ1) is 8.66. The van der Waals surface area contributed by atoms with E-state index in [9.17, 15) is 4.39 Å². The zero-order valence-electron chi connectivity index (χ0n) is 9.89. The van der Waals surface area contributed by atoms with Gasteiger partial charge in [0.15, 0.2) is 0 Å². The maximum Gasteiger partial charge on any atom is 0.137 e. The van der Waals surface area contributed by atoms with Crippen LogP contribution < -0.4 is 5.73 Å². The van der Waals surface area contributed by atoms with Gasteiger partial charge in [-0.25, -0.2) is 9.37 Å². The van der Waals surface area contributed by atoms with E-state index in [-0.39, 0.29) is 5.82 Å². The third-order valence-corrected chi connectivity index (χ3v) is 3.01. The number of nitrogen functional groups attached to an aromatic ring is 1. The Balaban J connectivity index is 2.31. The van der Waals surface area contributed by atoms with E-state index in [4.69, 9.17) is 5.73 Å². The second kappa shape index (κ2) is 3.84. The first-order valence-corrected chi connectivity index (χ1v) is 5.66. The Morgan fingerprint density at radius 2 is 1.94 bits per heavy atom. The van der Waals surface area contributed by atoms with Crippen molar-refractivity contribution in [1.29, 1.82) is 0 Å². The third-order valence-electron chi connectivity index (χ3n) is 3.01. The van der Waals surface area contributed by atoms with E-state index in [1.54, 1.807) is 30.5 Å². The molecular formula is C14H12FN3. The summed E-state index contributed by atoms with van der Waals surface area (Å²) in [5, 5.41) is 0. The van der Waals surface area contributed by atoms with Gasteiger partial charge < -0.3 is 10.1 Å². The van der Waals surface area contributed by atoms with Gasteiger partial charge in [0.2, 0.25) is 0 Å². The standard InChI is InChI=1S/C14H12FN3/c1-9-14(11-4-2-3-5-12(11)15)17-13-7-6-10(16)8-18(9)13/h2-8H,16H2,1H3. The number of benzene rings is 1. The number of hydrogen-bond donors (Lipinski definition) is 1. The van der Waals surface area contributed by atoms with Crippen molar-refractivity contribution in [3.63, 3.8) is 0 Å². The molecule has 0 saturated heterocycles. The van der Waals surface area contributed by atoms with Crippen molar-refractivity contribution in [2.24, 2.45) is 0 Å². The maximum absolute atomic E-state index is 13.8. The largest absolute Gasteiger partial charge is 0.398 e. The number of rotatable bonds is 1. The van der Waals surface area contributed by atoms with Gasteiger partial charge in [-0.05, 0) is 31.2 Å². The summed E-state index contributed by atoms with van der Waals surface area (Å²) in [5.41, 5.74) is 9.21. The summed E-state index contributed by atoms with van der Waals surface area (Å²) in [6.45, 7) is 1.90. The number of hydrogen-bond acceptors (Lipinski definition) is 2. The fourth-order valence-electron chi connectivity index (χ4n) is 2.09. The fourth-order valence-corrected chi connectivity index (χ4v) is 2.09. The lowest BCUT2D eigenvalue weighted by molar-refractivity contribution is 0.630. The van der Waals surface area contributed by atoms with Crippen LogP contribution in [0.4, 0.5) is 10.1 Å². The molecule has 4 heteroatoms. The summed E-state index contributed by atoms with van der Waals surface area (Å²) >= 11 is 0. The Kier molecular flexibility index (Phi) is 2.30. The molecule has 0 aliphatic rings. The number of imidazole rings is 1. The van der Waals surface area contributed by atoms with Crippen molar-refractivity contribution >= 4 is 11.3 Å². The summed E-state index contributed by atoms with van der Waals surface area (Å²) in [6.07, 6.45) is 1.79. The number of anilines is 1. The Hall–Kier alpha value is -2.36. The van der Waals surface area contributed by atoms with Crippen LogP contribution in [0.2, 0.25) is 0 Å². The number of fused-ring (bicyclic) bond motifs is 1. The minimum atomic E-state index is -0.267. The summed E-state index contributed by atoms with van der Waals surface area (Å²) in [7, 11) is 0. The third kappa shape index (κ3) is 1.54. The van der Waals surface area contributed by atoms with E-state index in [1.165, 1.54) is 6.07 Å². The van der Waals surface area contributed by atoms with E-state index in [0.29, 0.717) is 16.9 Å². The average Bonchev–Trinajstić information content (AvgIpc) is 2.68. The quantitative estimate of drug-likeness (QED) is 0.711. The number of nitrogens with zero attached hydrogens (tertiary/aromatic N) is 2. The van der Waals surface area contributed by atoms with Crippen LogP contribution in [0.15, 0.2) is 42.6 Å². The lowest BCUT2D eigenvalue weighted by Crippen LogP contribution is -1.92. The summed E-state index contributed by atoms with van der Waals surface area (Å²) in [6, 6.07) is 10.2.